The fourth-order valence-electron chi connectivity index (χ4n) is 1.55. The van der Waals surface area contributed by atoms with Gasteiger partial charge in [0.05, 0.1) is 18.2 Å². The van der Waals surface area contributed by atoms with Crippen molar-refractivity contribution in [3.05, 3.63) is 29.8 Å². The van der Waals surface area contributed by atoms with E-state index in [0.29, 0.717) is 37.6 Å². The van der Waals surface area contributed by atoms with E-state index in [0.717, 1.165) is 0 Å². The van der Waals surface area contributed by atoms with Crippen LogP contribution in [0.5, 0.6) is 5.75 Å². The third-order valence-corrected chi connectivity index (χ3v) is 2.49. The van der Waals surface area contributed by atoms with Crippen LogP contribution in [0.2, 0.25) is 0 Å². The Bertz CT molecular complexity index is 454. The highest BCUT2D eigenvalue weighted by atomic mass is 16.5. The molecule has 0 spiro atoms. The summed E-state index contributed by atoms with van der Waals surface area (Å²) in [7, 11) is 1.87. The number of ether oxygens (including phenoxy) is 1. The Morgan fingerprint density at radius 3 is 3.00 bits per heavy atom. The first-order chi connectivity index (χ1) is 9.15. The van der Waals surface area contributed by atoms with E-state index in [1.807, 2.05) is 24.9 Å². The number of likely N-dealkylation sites (N-methyl/N-ethyl adjacent to an activating group) is 2. The SMILES string of the molecule is CCNC(=O)CN(C)CCOc1cccc(C#N)c1. The Balaban J connectivity index is 2.29. The molecule has 0 heterocycles. The minimum Gasteiger partial charge on any atom is -0.492 e. The van der Waals surface area contributed by atoms with Gasteiger partial charge in [-0.05, 0) is 32.2 Å². The fraction of sp³-hybridized carbons (Fsp3) is 0.429. The Kier molecular flexibility index (Phi) is 6.41. The van der Waals surface area contributed by atoms with Crippen molar-refractivity contribution in [2.75, 3.05) is 33.3 Å². The molecule has 0 unspecified atom stereocenters. The van der Waals surface area contributed by atoms with Gasteiger partial charge in [-0.15, -0.1) is 0 Å². The third-order valence-electron chi connectivity index (χ3n) is 2.49. The summed E-state index contributed by atoms with van der Waals surface area (Å²) in [6.07, 6.45) is 0. The molecule has 19 heavy (non-hydrogen) atoms. The van der Waals surface area contributed by atoms with Crippen molar-refractivity contribution in [2.24, 2.45) is 0 Å². The zero-order valence-corrected chi connectivity index (χ0v) is 11.3. The summed E-state index contributed by atoms with van der Waals surface area (Å²) in [6.45, 7) is 4.02. The molecular weight excluding hydrogens is 242 g/mol. The second kappa shape index (κ2) is 8.11. The van der Waals surface area contributed by atoms with Crippen LogP contribution in [-0.2, 0) is 4.79 Å². The minimum atomic E-state index is 0.0106. The molecule has 102 valence electrons. The van der Waals surface area contributed by atoms with Crippen LogP contribution in [0.25, 0.3) is 0 Å². The first kappa shape index (κ1) is 15.0. The maximum atomic E-state index is 11.3. The Labute approximate surface area is 113 Å². The molecule has 5 heteroatoms. The molecule has 0 saturated heterocycles. The van der Waals surface area contributed by atoms with Crippen molar-refractivity contribution in [1.29, 1.82) is 5.26 Å². The van der Waals surface area contributed by atoms with Gasteiger partial charge in [0.2, 0.25) is 5.91 Å². The predicted octanol–water partition coefficient (Wildman–Crippen LogP) is 1.00. The first-order valence-electron chi connectivity index (χ1n) is 6.24. The van der Waals surface area contributed by atoms with Gasteiger partial charge in [-0.2, -0.15) is 5.26 Å². The van der Waals surface area contributed by atoms with Gasteiger partial charge in [0.15, 0.2) is 0 Å². The molecule has 5 nitrogen and oxygen atoms in total. The second-order valence-corrected chi connectivity index (χ2v) is 4.18. The predicted molar refractivity (Wildman–Crippen MR) is 72.8 cm³/mol. The number of benzene rings is 1. The Hall–Kier alpha value is -2.06. The van der Waals surface area contributed by atoms with E-state index in [2.05, 4.69) is 11.4 Å². The van der Waals surface area contributed by atoms with E-state index >= 15 is 0 Å². The van der Waals surface area contributed by atoms with Gasteiger partial charge in [-0.1, -0.05) is 6.07 Å². The highest BCUT2D eigenvalue weighted by Gasteiger charge is 2.05. The Morgan fingerprint density at radius 2 is 2.32 bits per heavy atom. The summed E-state index contributed by atoms with van der Waals surface area (Å²) < 4.78 is 5.54. The van der Waals surface area contributed by atoms with Crippen molar-refractivity contribution in [1.82, 2.24) is 10.2 Å². The molecule has 0 radical (unpaired) electrons. The molecule has 0 fully saturated rings. The van der Waals surface area contributed by atoms with Crippen LogP contribution in [0, 0.1) is 11.3 Å². The molecule has 0 aromatic heterocycles. The maximum absolute atomic E-state index is 11.3. The molecule has 1 amide bonds. The second-order valence-electron chi connectivity index (χ2n) is 4.18. The lowest BCUT2D eigenvalue weighted by molar-refractivity contribution is -0.121. The lowest BCUT2D eigenvalue weighted by Crippen LogP contribution is -2.36. The molecule has 0 saturated carbocycles. The average Bonchev–Trinajstić information content (AvgIpc) is 2.39. The number of carbonyl (C=O) groups is 1. The van der Waals surface area contributed by atoms with E-state index in [9.17, 15) is 4.79 Å². The van der Waals surface area contributed by atoms with E-state index in [1.54, 1.807) is 18.2 Å². The van der Waals surface area contributed by atoms with Crippen LogP contribution >= 0.6 is 0 Å². The monoisotopic (exact) mass is 261 g/mol. The lowest BCUT2D eigenvalue weighted by atomic mass is 10.2. The van der Waals surface area contributed by atoms with Gasteiger partial charge in [-0.25, -0.2) is 0 Å². The molecule has 0 aliphatic heterocycles. The van der Waals surface area contributed by atoms with Gasteiger partial charge in [-0.3, -0.25) is 9.69 Å². The van der Waals surface area contributed by atoms with Crippen LogP contribution in [0.4, 0.5) is 0 Å². The molecular formula is C14H19N3O2. The van der Waals surface area contributed by atoms with Crippen molar-refractivity contribution < 1.29 is 9.53 Å². The molecule has 0 aliphatic carbocycles. The first-order valence-corrected chi connectivity index (χ1v) is 6.24. The van der Waals surface area contributed by atoms with Crippen LogP contribution < -0.4 is 10.1 Å². The standard InChI is InChI=1S/C14H19N3O2/c1-3-16-14(18)11-17(2)7-8-19-13-6-4-5-12(9-13)10-15/h4-6,9H,3,7-8,11H2,1-2H3,(H,16,18). The highest BCUT2D eigenvalue weighted by Crippen LogP contribution is 2.12. The highest BCUT2D eigenvalue weighted by molar-refractivity contribution is 5.77. The summed E-state index contributed by atoms with van der Waals surface area (Å²) in [5.41, 5.74) is 0.577. The van der Waals surface area contributed by atoms with Crippen LogP contribution in [0.1, 0.15) is 12.5 Å². The van der Waals surface area contributed by atoms with E-state index < -0.39 is 0 Å². The summed E-state index contributed by atoms with van der Waals surface area (Å²) >= 11 is 0. The zero-order chi connectivity index (χ0) is 14.1. The number of nitriles is 1. The molecule has 1 rings (SSSR count). The van der Waals surface area contributed by atoms with Crippen molar-refractivity contribution >= 4 is 5.91 Å². The molecule has 0 aliphatic rings. The van der Waals surface area contributed by atoms with Crippen LogP contribution in [0.15, 0.2) is 24.3 Å². The van der Waals surface area contributed by atoms with Crippen LogP contribution in [0.3, 0.4) is 0 Å². The normalized spacial score (nSPS) is 10.0. The van der Waals surface area contributed by atoms with E-state index in [-0.39, 0.29) is 5.91 Å². The zero-order valence-electron chi connectivity index (χ0n) is 11.3. The van der Waals surface area contributed by atoms with E-state index in [4.69, 9.17) is 10.00 Å². The largest absolute Gasteiger partial charge is 0.492 e. The quantitative estimate of drug-likeness (QED) is 0.795. The smallest absolute Gasteiger partial charge is 0.234 e. The number of nitrogens with one attached hydrogen (secondary N) is 1. The number of amides is 1. The fourth-order valence-corrected chi connectivity index (χ4v) is 1.55. The molecule has 0 bridgehead atoms. The molecule has 1 aromatic rings. The van der Waals surface area contributed by atoms with Crippen LogP contribution in [-0.4, -0.2) is 44.1 Å². The van der Waals surface area contributed by atoms with Gasteiger partial charge in [0.25, 0.3) is 0 Å². The van der Waals surface area contributed by atoms with Crippen molar-refractivity contribution in [3.63, 3.8) is 0 Å². The van der Waals surface area contributed by atoms with Crippen molar-refractivity contribution in [3.8, 4) is 11.8 Å². The number of hydrogen-bond acceptors (Lipinski definition) is 4. The van der Waals surface area contributed by atoms with E-state index in [1.165, 1.54) is 0 Å². The number of nitrogens with zero attached hydrogens (tertiary/aromatic N) is 2. The maximum Gasteiger partial charge on any atom is 0.234 e. The van der Waals surface area contributed by atoms with Gasteiger partial charge in [0, 0.05) is 13.1 Å². The Morgan fingerprint density at radius 1 is 1.53 bits per heavy atom. The topological polar surface area (TPSA) is 65.4 Å². The number of hydrogen-bond donors (Lipinski definition) is 1. The summed E-state index contributed by atoms with van der Waals surface area (Å²) in [4.78, 5) is 13.2. The summed E-state index contributed by atoms with van der Waals surface area (Å²) in [5.74, 6) is 0.682. The van der Waals surface area contributed by atoms with Gasteiger partial charge < -0.3 is 10.1 Å². The molecule has 1 N–H and O–H groups in total. The molecule has 1 aromatic carbocycles. The average molecular weight is 261 g/mol. The lowest BCUT2D eigenvalue weighted by Gasteiger charge is -2.16. The molecule has 0 atom stereocenters. The number of rotatable bonds is 7. The van der Waals surface area contributed by atoms with Gasteiger partial charge in [0.1, 0.15) is 12.4 Å². The van der Waals surface area contributed by atoms with Crippen molar-refractivity contribution in [2.45, 2.75) is 6.92 Å². The third kappa shape index (κ3) is 5.89. The minimum absolute atomic E-state index is 0.0106. The summed E-state index contributed by atoms with van der Waals surface area (Å²) in [6, 6.07) is 9.09. The summed E-state index contributed by atoms with van der Waals surface area (Å²) in [5, 5.41) is 11.5. The van der Waals surface area contributed by atoms with Gasteiger partial charge >= 0.3 is 0 Å². The number of carbonyl (C=O) groups excluding carboxylic acids is 1.